The van der Waals surface area contributed by atoms with E-state index in [2.05, 4.69) is 10.3 Å². The molecule has 0 saturated carbocycles. The number of hydrogen-bond acceptors (Lipinski definition) is 5. The SMILES string of the molecule is CCOC(=O)C[C@@H](C)[C@@H](NC(=O)c1cccnc1)C(=O)O. The molecule has 0 aliphatic carbocycles. The first-order chi connectivity index (χ1) is 9.95. The summed E-state index contributed by atoms with van der Waals surface area (Å²) >= 11 is 0. The van der Waals surface area contributed by atoms with Crippen LogP contribution in [0.5, 0.6) is 0 Å². The van der Waals surface area contributed by atoms with Crippen LogP contribution in [0.15, 0.2) is 24.5 Å². The maximum atomic E-state index is 11.9. The molecule has 21 heavy (non-hydrogen) atoms. The number of esters is 1. The van der Waals surface area contributed by atoms with E-state index in [0.717, 1.165) is 0 Å². The Labute approximate surface area is 122 Å². The van der Waals surface area contributed by atoms with Crippen molar-refractivity contribution in [3.05, 3.63) is 30.1 Å². The largest absolute Gasteiger partial charge is 0.480 e. The van der Waals surface area contributed by atoms with E-state index >= 15 is 0 Å². The van der Waals surface area contributed by atoms with Crippen molar-refractivity contribution in [1.29, 1.82) is 0 Å². The second kappa shape index (κ2) is 7.98. The fourth-order valence-electron chi connectivity index (χ4n) is 1.77. The number of carboxylic acid groups (broad SMARTS) is 1. The van der Waals surface area contributed by atoms with Crippen LogP contribution in [0.2, 0.25) is 0 Å². The molecule has 1 aromatic heterocycles. The number of carboxylic acids is 1. The summed E-state index contributed by atoms with van der Waals surface area (Å²) in [6.07, 6.45) is 2.76. The zero-order valence-corrected chi connectivity index (χ0v) is 11.9. The van der Waals surface area contributed by atoms with Crippen LogP contribution in [0.4, 0.5) is 0 Å². The van der Waals surface area contributed by atoms with E-state index in [9.17, 15) is 19.5 Å². The van der Waals surface area contributed by atoms with Gasteiger partial charge in [-0.3, -0.25) is 14.6 Å². The summed E-state index contributed by atoms with van der Waals surface area (Å²) in [4.78, 5) is 38.4. The monoisotopic (exact) mass is 294 g/mol. The second-order valence-corrected chi connectivity index (χ2v) is 4.52. The quantitative estimate of drug-likeness (QED) is 0.722. The second-order valence-electron chi connectivity index (χ2n) is 4.52. The lowest BCUT2D eigenvalue weighted by Crippen LogP contribution is -2.45. The predicted octanol–water partition coefficient (Wildman–Crippen LogP) is 0.854. The number of amides is 1. The molecule has 2 N–H and O–H groups in total. The van der Waals surface area contributed by atoms with Crippen LogP contribution in [-0.2, 0) is 14.3 Å². The summed E-state index contributed by atoms with van der Waals surface area (Å²) in [5.41, 5.74) is 0.257. The van der Waals surface area contributed by atoms with Gasteiger partial charge in [-0.25, -0.2) is 4.79 Å². The highest BCUT2D eigenvalue weighted by Crippen LogP contribution is 2.11. The lowest BCUT2D eigenvalue weighted by molar-refractivity contribution is -0.145. The number of aromatic nitrogens is 1. The summed E-state index contributed by atoms with van der Waals surface area (Å²) in [5, 5.41) is 11.6. The zero-order chi connectivity index (χ0) is 15.8. The number of aliphatic carboxylic acids is 1. The van der Waals surface area contributed by atoms with Crippen molar-refractivity contribution in [1.82, 2.24) is 10.3 Å². The molecule has 0 spiro atoms. The topological polar surface area (TPSA) is 106 Å². The fraction of sp³-hybridized carbons (Fsp3) is 0.429. The molecule has 0 fully saturated rings. The molecule has 0 bridgehead atoms. The van der Waals surface area contributed by atoms with Gasteiger partial charge in [0.1, 0.15) is 6.04 Å². The van der Waals surface area contributed by atoms with Crippen molar-refractivity contribution in [2.45, 2.75) is 26.3 Å². The van der Waals surface area contributed by atoms with Crippen LogP contribution in [0, 0.1) is 5.92 Å². The van der Waals surface area contributed by atoms with Crippen molar-refractivity contribution >= 4 is 17.8 Å². The molecule has 0 aliphatic heterocycles. The van der Waals surface area contributed by atoms with E-state index in [1.807, 2.05) is 0 Å². The van der Waals surface area contributed by atoms with Crippen molar-refractivity contribution in [3.8, 4) is 0 Å². The van der Waals surface area contributed by atoms with Crippen LogP contribution in [-0.4, -0.2) is 40.6 Å². The highest BCUT2D eigenvalue weighted by Gasteiger charge is 2.28. The Hall–Kier alpha value is -2.44. The van der Waals surface area contributed by atoms with Gasteiger partial charge in [0, 0.05) is 12.4 Å². The van der Waals surface area contributed by atoms with Crippen molar-refractivity contribution in [2.24, 2.45) is 5.92 Å². The van der Waals surface area contributed by atoms with Gasteiger partial charge in [0.15, 0.2) is 0 Å². The van der Waals surface area contributed by atoms with Gasteiger partial charge in [-0.15, -0.1) is 0 Å². The van der Waals surface area contributed by atoms with Crippen LogP contribution < -0.4 is 5.32 Å². The minimum atomic E-state index is -1.20. The average molecular weight is 294 g/mol. The van der Waals surface area contributed by atoms with E-state index in [1.54, 1.807) is 19.9 Å². The molecule has 1 rings (SSSR count). The third-order valence-electron chi connectivity index (χ3n) is 2.84. The normalized spacial score (nSPS) is 13.0. The van der Waals surface area contributed by atoms with Gasteiger partial charge in [0.05, 0.1) is 18.6 Å². The molecule has 2 atom stereocenters. The molecule has 1 aromatic rings. The smallest absolute Gasteiger partial charge is 0.326 e. The molecular weight excluding hydrogens is 276 g/mol. The van der Waals surface area contributed by atoms with E-state index in [-0.39, 0.29) is 18.6 Å². The number of carbonyl (C=O) groups excluding carboxylic acids is 2. The Morgan fingerprint density at radius 3 is 2.67 bits per heavy atom. The van der Waals surface area contributed by atoms with E-state index in [1.165, 1.54) is 18.5 Å². The van der Waals surface area contributed by atoms with Crippen LogP contribution in [0.3, 0.4) is 0 Å². The molecule has 1 heterocycles. The maximum absolute atomic E-state index is 11.9. The van der Waals surface area contributed by atoms with Crippen molar-refractivity contribution in [3.63, 3.8) is 0 Å². The lowest BCUT2D eigenvalue weighted by Gasteiger charge is -2.20. The van der Waals surface area contributed by atoms with Gasteiger partial charge >= 0.3 is 11.9 Å². The fourth-order valence-corrected chi connectivity index (χ4v) is 1.77. The average Bonchev–Trinajstić information content (AvgIpc) is 2.45. The van der Waals surface area contributed by atoms with E-state index < -0.39 is 29.8 Å². The number of pyridine rings is 1. The van der Waals surface area contributed by atoms with Gasteiger partial charge < -0.3 is 15.2 Å². The first kappa shape index (κ1) is 16.6. The van der Waals surface area contributed by atoms with Gasteiger partial charge in [-0.05, 0) is 25.0 Å². The van der Waals surface area contributed by atoms with Crippen molar-refractivity contribution < 1.29 is 24.2 Å². The third kappa shape index (κ3) is 5.21. The maximum Gasteiger partial charge on any atom is 0.326 e. The number of ether oxygens (including phenoxy) is 1. The summed E-state index contributed by atoms with van der Waals surface area (Å²) in [5.74, 6) is -2.84. The van der Waals surface area contributed by atoms with Crippen LogP contribution >= 0.6 is 0 Å². The number of carbonyl (C=O) groups is 3. The summed E-state index contributed by atoms with van der Waals surface area (Å²) < 4.78 is 4.78. The Bertz CT molecular complexity index is 503. The summed E-state index contributed by atoms with van der Waals surface area (Å²) in [7, 11) is 0. The Morgan fingerprint density at radius 1 is 1.43 bits per heavy atom. The lowest BCUT2D eigenvalue weighted by atomic mass is 9.98. The van der Waals surface area contributed by atoms with Crippen LogP contribution in [0.1, 0.15) is 30.6 Å². The Balaban J connectivity index is 2.71. The van der Waals surface area contributed by atoms with E-state index in [0.29, 0.717) is 0 Å². The molecular formula is C14H18N2O5. The number of nitrogens with zero attached hydrogens (tertiary/aromatic N) is 1. The molecule has 0 aromatic carbocycles. The molecule has 0 aliphatic rings. The van der Waals surface area contributed by atoms with Crippen molar-refractivity contribution in [2.75, 3.05) is 6.61 Å². The third-order valence-corrected chi connectivity index (χ3v) is 2.84. The minimum Gasteiger partial charge on any atom is -0.480 e. The number of rotatable bonds is 7. The molecule has 114 valence electrons. The molecule has 0 saturated heterocycles. The highest BCUT2D eigenvalue weighted by molar-refractivity contribution is 5.96. The number of nitrogens with one attached hydrogen (secondary N) is 1. The molecule has 7 heteroatoms. The Kier molecular flexibility index (Phi) is 6.32. The van der Waals surface area contributed by atoms with Gasteiger partial charge in [-0.1, -0.05) is 6.92 Å². The first-order valence-corrected chi connectivity index (χ1v) is 6.55. The minimum absolute atomic E-state index is 0.0852. The van der Waals surface area contributed by atoms with Gasteiger partial charge in [0.2, 0.25) is 0 Å². The predicted molar refractivity (Wildman–Crippen MR) is 73.5 cm³/mol. The van der Waals surface area contributed by atoms with Crippen LogP contribution in [0.25, 0.3) is 0 Å². The summed E-state index contributed by atoms with van der Waals surface area (Å²) in [6.45, 7) is 3.46. The highest BCUT2D eigenvalue weighted by atomic mass is 16.5. The molecule has 0 radical (unpaired) electrons. The Morgan fingerprint density at radius 2 is 2.14 bits per heavy atom. The molecule has 1 amide bonds. The van der Waals surface area contributed by atoms with E-state index in [4.69, 9.17) is 4.74 Å². The molecule has 0 unspecified atom stereocenters. The first-order valence-electron chi connectivity index (χ1n) is 6.55. The standard InChI is InChI=1S/C14H18N2O5/c1-3-21-11(17)7-9(2)12(14(19)20)16-13(18)10-5-4-6-15-8-10/h4-6,8-9,12H,3,7H2,1-2H3,(H,16,18)(H,19,20)/t9-,12-/m1/s1. The number of hydrogen-bond donors (Lipinski definition) is 2. The van der Waals surface area contributed by atoms with Gasteiger partial charge in [-0.2, -0.15) is 0 Å². The summed E-state index contributed by atoms with van der Waals surface area (Å²) in [6, 6.07) is 1.92. The van der Waals surface area contributed by atoms with Gasteiger partial charge in [0.25, 0.3) is 5.91 Å². The zero-order valence-electron chi connectivity index (χ0n) is 11.9. The molecule has 7 nitrogen and oxygen atoms in total.